The average Bonchev–Trinajstić information content (AvgIpc) is 1.48. The van der Waals surface area contributed by atoms with Crippen molar-refractivity contribution in [1.29, 1.82) is 0 Å². The Morgan fingerprint density at radius 3 is 2.13 bits per heavy atom. The Kier molecular flexibility index (Phi) is 37.9. The van der Waals surface area contributed by atoms with Crippen molar-refractivity contribution in [2.24, 2.45) is 40.2 Å². The number of urea groups is 1. The molecule has 3 saturated carbocycles. The molecule has 0 spiro atoms. The molecule has 3 saturated heterocycles. The number of aliphatic hydroxyl groups excluding tert-OH is 8. The molecule has 776 valence electrons. The number of carbonyl (C=O) groups is 10. The van der Waals surface area contributed by atoms with E-state index >= 15 is 13.6 Å². The van der Waals surface area contributed by atoms with Gasteiger partial charge in [0, 0.05) is 92.6 Å². The minimum atomic E-state index is -2.48. The van der Waals surface area contributed by atoms with Crippen LogP contribution in [-0.2, 0) is 97.1 Å². The molecule has 5 aliphatic carbocycles. The van der Waals surface area contributed by atoms with Crippen molar-refractivity contribution in [1.82, 2.24) is 58.5 Å². The van der Waals surface area contributed by atoms with Gasteiger partial charge in [0.25, 0.3) is 0 Å². The predicted octanol–water partition coefficient (Wildman–Crippen LogP) is 1.24. The largest absolute Gasteiger partial charge is 0.394 e. The van der Waals surface area contributed by atoms with Gasteiger partial charge in [0.2, 0.25) is 29.5 Å². The number of hydrogen-bond donors (Lipinski definition) is 18. The number of nitrogens with zero attached hydrogens (tertiary/aromatic N) is 3. The molecule has 2 unspecified atom stereocenters. The first-order valence-electron chi connectivity index (χ1n) is 49.2. The van der Waals surface area contributed by atoms with Crippen LogP contribution in [0.4, 0.5) is 19.3 Å². The van der Waals surface area contributed by atoms with E-state index in [9.17, 15) is 84.0 Å². The van der Waals surface area contributed by atoms with E-state index in [1.807, 2.05) is 67.5 Å². The van der Waals surface area contributed by atoms with E-state index in [1.165, 1.54) is 24.1 Å². The highest BCUT2D eigenvalue weighted by Crippen LogP contribution is 2.72. The molecular formula is C97H141F2N13O28. The fourth-order valence-electron chi connectivity index (χ4n) is 22.0. The number of hydrazine groups is 4. The first kappa shape index (κ1) is 108. The van der Waals surface area contributed by atoms with Gasteiger partial charge in [0.15, 0.2) is 47.4 Å². The molecule has 2 aromatic carbocycles. The van der Waals surface area contributed by atoms with Crippen LogP contribution in [0.25, 0.3) is 11.4 Å². The van der Waals surface area contributed by atoms with Crippen molar-refractivity contribution in [3.8, 4) is 0 Å². The van der Waals surface area contributed by atoms with E-state index in [0.29, 0.717) is 69.5 Å². The fraction of sp³-hybridized carbons (Fsp3) is 0.691. The van der Waals surface area contributed by atoms with Crippen molar-refractivity contribution in [2.75, 3.05) is 104 Å². The Morgan fingerprint density at radius 2 is 1.41 bits per heavy atom. The van der Waals surface area contributed by atoms with Crippen molar-refractivity contribution < 1.29 is 145 Å². The van der Waals surface area contributed by atoms with E-state index in [2.05, 4.69) is 48.5 Å². The third-order valence-electron chi connectivity index (χ3n) is 29.3. The average molecular weight is 1980 g/mol. The van der Waals surface area contributed by atoms with E-state index in [4.69, 9.17) is 53.1 Å². The zero-order chi connectivity index (χ0) is 100. The maximum Gasteiger partial charge on any atom is 0.312 e. The number of amides is 7. The Labute approximate surface area is 812 Å². The van der Waals surface area contributed by atoms with E-state index < -0.39 is 236 Å². The van der Waals surface area contributed by atoms with Gasteiger partial charge in [0.05, 0.1) is 119 Å². The summed E-state index contributed by atoms with van der Waals surface area (Å²) in [6.45, 7) is 7.55. The lowest BCUT2D eigenvalue weighted by Crippen LogP contribution is -2.71. The zero-order valence-electron chi connectivity index (χ0n) is 80.3. The molecular weight excluding hydrogens is 1830 g/mol. The van der Waals surface area contributed by atoms with Gasteiger partial charge in [-0.15, -0.1) is 11.1 Å². The molecule has 0 radical (unpaired) electrons. The van der Waals surface area contributed by atoms with Gasteiger partial charge in [-0.05, 0) is 132 Å². The minimum absolute atomic E-state index is 0.0149. The highest BCUT2D eigenvalue weighted by Gasteiger charge is 2.80. The molecule has 13 rings (SSSR count). The second kappa shape index (κ2) is 49.0. The van der Waals surface area contributed by atoms with Crippen molar-refractivity contribution >= 4 is 75.8 Å². The quantitative estimate of drug-likeness (QED) is 0.0414. The van der Waals surface area contributed by atoms with Crippen LogP contribution in [-0.4, -0.2) is 324 Å². The van der Waals surface area contributed by atoms with Crippen molar-refractivity contribution in [2.45, 2.75) is 291 Å². The van der Waals surface area contributed by atoms with Crippen LogP contribution < -0.4 is 59.1 Å². The number of fused-ring (bicyclic) bond motifs is 11. The Balaban J connectivity index is 0.589. The number of rotatable bonds is 49. The molecule has 6 aliphatic heterocycles. The SMILES string of the molecule is CCCC1O[C@@H]2C[C@H]3[C@@H]4C[C@H](F)C5=CC(=O)C=C[C@]5(C)[C@@]4(F)[C@@H](O)C[C@]3(C)[C@]2(C(=O)CNC(=O)[C@H](CCCNC(N)=O)CC(=O)[C@@H](NC(=O)[C@@H](CCCCNC(=O)COC2CCCCCC3=C2NNN3[C@H]2O[C@H](CO)[C@@H](O[C@H]3O[C@H](CO)[C@@H](O)[C@H](O)[C@H]3O)[C@H](O)[C@H]2O)NC(=O)CCOCCOCCOCCOCCCC(=O)CCC(=O)N2Cc3ccccc3C3=C(NNN3C)c3ccccc32)C(C)C)O1. The second-order valence-electron chi connectivity index (χ2n) is 38.8. The highest BCUT2D eigenvalue weighted by molar-refractivity contribution is 6.04. The number of allylic oxidation sites excluding steroid dienone is 5. The molecule has 6 fully saturated rings. The second-order valence-corrected chi connectivity index (χ2v) is 38.8. The van der Waals surface area contributed by atoms with Gasteiger partial charge < -0.3 is 136 Å². The maximum atomic E-state index is 18.4. The number of ether oxygens (including phenoxy) is 10. The zero-order valence-corrected chi connectivity index (χ0v) is 80.3. The summed E-state index contributed by atoms with van der Waals surface area (Å²) in [6.07, 6.45) is -15.1. The summed E-state index contributed by atoms with van der Waals surface area (Å²) >= 11 is 0. The smallest absolute Gasteiger partial charge is 0.312 e. The normalized spacial score (nSPS) is 31.1. The van der Waals surface area contributed by atoms with Crippen LogP contribution in [0.1, 0.15) is 186 Å². The fourth-order valence-corrected chi connectivity index (χ4v) is 22.0. The first-order chi connectivity index (χ1) is 67.1. The number of benzene rings is 2. The Hall–Kier alpha value is -9.04. The van der Waals surface area contributed by atoms with Gasteiger partial charge >= 0.3 is 6.03 Å². The number of carbonyl (C=O) groups excluding carboxylic acids is 10. The standard InChI is InChI=1S/C97H141F2N13O28/c1-7-19-78-138-74-47-61-62-46-64(98)63-45-58(116)31-33-94(63,4)96(62,99)72(118)48-95(61,5)97(74,140-78)73(119)49-103-89(128)55(21-17-35-102-93(100)130)44-68(117)79(54(2)3)105-90(129)65(25-15-16-34-101-76(121)53-135-69-28-10-8-9-27-67-81(69)107-109-112(67)91-86(126)85(125)88(71(52-114)136-91)139-92-87(127)84(124)83(123)70(51-113)137-92)104-75(120)32-37-132-39-41-134-43-42-133-40-38-131-36-18-22-57(115)29-30-77(122)111-50-56-20-11-12-23-59(56)82-80(106-108-110(82)6)60-24-13-14-26-66(60)111/h11-14,20,23-24,26,31,33,45,54-55,61-62,64-65,69-72,74,78-79,83-88,91-92,106-109,113-114,118,123-127H,7-10,15-19,21-22,25,27-30,32,34-44,46-53H2,1-6H3,(H,101,121)(H,103,128)(H,104,120)(H,105,129)(H3,100,102,130)/t55-,61+,62+,64+,65-,69?,70-,71-,72+,74-,78?,79+,83-,84+,85-,86-,87-,88-,91+,92-,94+,95+,96+,97-/m1/s1. The van der Waals surface area contributed by atoms with Crippen LogP contribution in [0.2, 0.25) is 0 Å². The number of Topliss-reactive ketones (excluding diaryl/α,β-unsaturated/α-hetero) is 3. The molecule has 24 atom stereocenters. The molecule has 19 N–H and O–H groups in total. The summed E-state index contributed by atoms with van der Waals surface area (Å²) in [5.41, 5.74) is 16.7. The molecule has 11 aliphatic rings. The number of aliphatic hydroxyl groups is 8. The van der Waals surface area contributed by atoms with Gasteiger partial charge in [-0.3, -0.25) is 53.2 Å². The number of halogens is 2. The number of ketones is 4. The molecule has 0 aromatic heterocycles. The lowest BCUT2D eigenvalue weighted by molar-refractivity contribution is -0.349. The Morgan fingerprint density at radius 1 is 0.700 bits per heavy atom. The number of unbranched alkanes of at least 4 members (excludes halogenated alkanes) is 1. The number of nitrogens with one attached hydrogen (secondary N) is 9. The Bertz CT molecular complexity index is 4800. The maximum absolute atomic E-state index is 18.4. The van der Waals surface area contributed by atoms with Crippen molar-refractivity contribution in [3.05, 3.63) is 100 Å². The minimum Gasteiger partial charge on any atom is -0.394 e. The van der Waals surface area contributed by atoms with Crippen LogP contribution in [0.15, 0.2) is 83.7 Å². The third kappa shape index (κ3) is 24.1. The molecule has 6 heterocycles. The summed E-state index contributed by atoms with van der Waals surface area (Å²) in [6, 6.07) is 12.2. The molecule has 43 heteroatoms. The summed E-state index contributed by atoms with van der Waals surface area (Å²) < 4.78 is 94.6. The van der Waals surface area contributed by atoms with Crippen LogP contribution in [0, 0.1) is 34.5 Å². The van der Waals surface area contributed by atoms with Gasteiger partial charge in [-0.1, -0.05) is 95.5 Å². The predicted molar refractivity (Wildman–Crippen MR) is 496 cm³/mol. The molecule has 2 aromatic rings. The molecule has 7 amide bonds. The van der Waals surface area contributed by atoms with E-state index in [-0.39, 0.29) is 147 Å². The number of para-hydroxylation sites is 1. The lowest BCUT2D eigenvalue weighted by atomic mass is 9.44. The number of nitrogens with two attached hydrogens (primary N) is 1. The summed E-state index contributed by atoms with van der Waals surface area (Å²) in [5.74, 6) is -8.45. The van der Waals surface area contributed by atoms with Crippen molar-refractivity contribution in [3.63, 3.8) is 0 Å². The highest BCUT2D eigenvalue weighted by atomic mass is 19.1. The number of primary amides is 1. The van der Waals surface area contributed by atoms with Crippen LogP contribution >= 0.6 is 0 Å². The first-order valence-corrected chi connectivity index (χ1v) is 49.2. The number of alkyl halides is 2. The van der Waals surface area contributed by atoms with E-state index in [1.54, 1.807) is 25.7 Å². The molecule has 140 heavy (non-hydrogen) atoms. The monoisotopic (exact) mass is 1970 g/mol. The van der Waals surface area contributed by atoms with Crippen LogP contribution in [0.5, 0.6) is 0 Å². The van der Waals surface area contributed by atoms with Gasteiger partial charge in [0.1, 0.15) is 79.5 Å². The number of anilines is 1. The van der Waals surface area contributed by atoms with Crippen LogP contribution in [0.3, 0.4) is 0 Å². The summed E-state index contributed by atoms with van der Waals surface area (Å²) in [5, 5.41) is 104. The van der Waals surface area contributed by atoms with Gasteiger partial charge in [-0.25, -0.2) is 13.6 Å². The van der Waals surface area contributed by atoms with Gasteiger partial charge in [-0.2, -0.15) is 0 Å². The lowest BCUT2D eigenvalue weighted by Gasteiger charge is -2.63. The summed E-state index contributed by atoms with van der Waals surface area (Å²) in [7, 11) is 1.93. The van der Waals surface area contributed by atoms with E-state index in [0.717, 1.165) is 46.3 Å². The molecule has 41 nitrogen and oxygen atoms in total. The summed E-state index contributed by atoms with van der Waals surface area (Å²) in [4.78, 5) is 141. The topological polar surface area (TPSA) is 569 Å². The number of hydrogen-bond acceptors (Lipinski definition) is 34. The third-order valence-corrected chi connectivity index (χ3v) is 29.3. The molecule has 0 bridgehead atoms.